The number of amides is 1. The minimum absolute atomic E-state index is 0.0381. The maximum Gasteiger partial charge on any atom is 0.407 e. The lowest BCUT2D eigenvalue weighted by Gasteiger charge is -2.27. The number of nitrogens with zero attached hydrogens (tertiary/aromatic N) is 4. The summed E-state index contributed by atoms with van der Waals surface area (Å²) in [5.41, 5.74) is 29.6. The molecule has 302 valence electrons. The van der Waals surface area contributed by atoms with Gasteiger partial charge in [-0.3, -0.25) is 9.59 Å². The number of hydrogen-bond donors (Lipinski definition) is 6. The highest BCUT2D eigenvalue weighted by Crippen LogP contribution is 2.38. The van der Waals surface area contributed by atoms with Gasteiger partial charge in [-0.2, -0.15) is 19.6 Å². The molecular formula is C44H52N10O4. The topological polar surface area (TPSA) is 210 Å². The first-order chi connectivity index (χ1) is 28.1. The van der Waals surface area contributed by atoms with Crippen LogP contribution in [-0.2, 0) is 37.0 Å². The summed E-state index contributed by atoms with van der Waals surface area (Å²) in [5, 5.41) is 18.9. The van der Waals surface area contributed by atoms with Gasteiger partial charge in [-0.1, -0.05) is 66.7 Å². The third kappa shape index (κ3) is 7.63. The van der Waals surface area contributed by atoms with Crippen LogP contribution in [0.4, 0.5) is 27.8 Å². The molecule has 0 bridgehead atoms. The number of fused-ring (bicyclic) bond motifs is 4. The van der Waals surface area contributed by atoms with Gasteiger partial charge in [-0.15, -0.1) is 0 Å². The Morgan fingerprint density at radius 3 is 1.83 bits per heavy atom. The largest absolute Gasteiger partial charge is 0.445 e. The minimum atomic E-state index is -0.457. The maximum atomic E-state index is 13.5. The van der Waals surface area contributed by atoms with E-state index in [1.54, 1.807) is 0 Å². The summed E-state index contributed by atoms with van der Waals surface area (Å²) in [6, 6.07) is 21.6. The molecule has 3 aromatic carbocycles. The second kappa shape index (κ2) is 16.4. The van der Waals surface area contributed by atoms with E-state index in [0.29, 0.717) is 43.7 Å². The van der Waals surface area contributed by atoms with Gasteiger partial charge in [0.1, 0.15) is 18.2 Å². The molecule has 5 aromatic rings. The molecule has 4 aliphatic rings. The molecule has 14 heteroatoms. The van der Waals surface area contributed by atoms with Crippen LogP contribution in [0.5, 0.6) is 0 Å². The maximum absolute atomic E-state index is 13.5. The average Bonchev–Trinajstić information content (AvgIpc) is 3.75. The van der Waals surface area contributed by atoms with Crippen LogP contribution in [-0.4, -0.2) is 62.6 Å². The monoisotopic (exact) mass is 784 g/mol. The van der Waals surface area contributed by atoms with Crippen LogP contribution in [0.15, 0.2) is 66.7 Å². The van der Waals surface area contributed by atoms with Crippen molar-refractivity contribution in [3.8, 4) is 0 Å². The Morgan fingerprint density at radius 1 is 0.724 bits per heavy atom. The van der Waals surface area contributed by atoms with E-state index in [-0.39, 0.29) is 42.3 Å². The van der Waals surface area contributed by atoms with Gasteiger partial charge in [0.15, 0.2) is 0 Å². The number of nitrogens with one attached hydrogen (secondary N) is 3. The van der Waals surface area contributed by atoms with E-state index >= 15 is 0 Å². The molecule has 0 fully saturated rings. The van der Waals surface area contributed by atoms with Crippen molar-refractivity contribution in [2.75, 3.05) is 35.2 Å². The third-order valence-electron chi connectivity index (χ3n) is 12.0. The first-order valence-corrected chi connectivity index (χ1v) is 20.3. The quantitative estimate of drug-likeness (QED) is 0.129. The molecule has 2 aromatic heterocycles. The molecule has 58 heavy (non-hydrogen) atoms. The molecule has 0 saturated carbocycles. The molecule has 0 saturated heterocycles. The van der Waals surface area contributed by atoms with Crippen molar-refractivity contribution >= 4 is 40.9 Å². The number of para-hydroxylation sites is 2. The summed E-state index contributed by atoms with van der Waals surface area (Å²) in [5.74, 6) is 0.200. The second-order valence-electron chi connectivity index (χ2n) is 15.9. The van der Waals surface area contributed by atoms with E-state index in [2.05, 4.69) is 39.1 Å². The van der Waals surface area contributed by atoms with Gasteiger partial charge in [0.2, 0.25) is 0 Å². The summed E-state index contributed by atoms with van der Waals surface area (Å²) in [6.45, 7) is 5.82. The number of ether oxygens (including phenoxy) is 1. The smallest absolute Gasteiger partial charge is 0.407 e. The van der Waals surface area contributed by atoms with Crippen LogP contribution in [0.3, 0.4) is 0 Å². The van der Waals surface area contributed by atoms with Crippen LogP contribution in [0.25, 0.3) is 0 Å². The fourth-order valence-electron chi connectivity index (χ4n) is 8.85. The van der Waals surface area contributed by atoms with Gasteiger partial charge in [0.05, 0.1) is 23.2 Å². The molecular weight excluding hydrogens is 733 g/mol. The highest BCUT2D eigenvalue weighted by Gasteiger charge is 2.35. The number of carbonyl (C=O) groups is 3. The Morgan fingerprint density at radius 2 is 1.26 bits per heavy atom. The number of nitrogens with two attached hydrogens (primary N) is 3. The predicted molar refractivity (Wildman–Crippen MR) is 224 cm³/mol. The number of carbonyl (C=O) groups excluding carboxylic acids is 3. The van der Waals surface area contributed by atoms with E-state index in [9.17, 15) is 14.4 Å². The molecule has 9 N–H and O–H groups in total. The number of hydrogen-bond acceptors (Lipinski definition) is 11. The Balaban J connectivity index is 0.000000172. The summed E-state index contributed by atoms with van der Waals surface area (Å²) >= 11 is 0. The van der Waals surface area contributed by atoms with Crippen molar-refractivity contribution in [3.05, 3.63) is 117 Å². The molecule has 9 rings (SSSR count). The van der Waals surface area contributed by atoms with E-state index < -0.39 is 6.09 Å². The van der Waals surface area contributed by atoms with E-state index in [4.69, 9.17) is 21.9 Å². The van der Waals surface area contributed by atoms with Crippen molar-refractivity contribution < 1.29 is 19.1 Å². The Labute approximate surface area is 337 Å². The molecule has 0 unspecified atom stereocenters. The Hall–Kier alpha value is -6.15. The lowest BCUT2D eigenvalue weighted by Crippen LogP contribution is -2.39. The number of benzene rings is 3. The number of alkyl carbamates (subject to hydrolysis) is 1. The number of aromatic nitrogens is 4. The Kier molecular flexibility index (Phi) is 10.9. The molecule has 4 heterocycles. The highest BCUT2D eigenvalue weighted by molar-refractivity contribution is 5.91. The normalized spacial score (nSPS) is 20.3. The summed E-state index contributed by atoms with van der Waals surface area (Å²) < 4.78 is 8.15. The lowest BCUT2D eigenvalue weighted by molar-refractivity contribution is 0.0851. The average molecular weight is 785 g/mol. The van der Waals surface area contributed by atoms with Crippen molar-refractivity contribution in [2.45, 2.75) is 95.7 Å². The molecule has 2 aliphatic carbocycles. The van der Waals surface area contributed by atoms with Gasteiger partial charge >= 0.3 is 6.09 Å². The summed E-state index contributed by atoms with van der Waals surface area (Å²) in [6.07, 6.45) is 5.26. The number of rotatable bonds is 5. The van der Waals surface area contributed by atoms with Crippen LogP contribution < -0.4 is 33.2 Å². The van der Waals surface area contributed by atoms with Gasteiger partial charge < -0.3 is 37.9 Å². The number of anilines is 4. The van der Waals surface area contributed by atoms with Crippen LogP contribution in [0.2, 0.25) is 0 Å². The first kappa shape index (κ1) is 38.7. The second-order valence-corrected chi connectivity index (χ2v) is 15.9. The molecule has 14 nitrogen and oxygen atoms in total. The van der Waals surface area contributed by atoms with Crippen LogP contribution in [0, 0.1) is 13.8 Å². The SMILES string of the molecule is Cc1cccc2c1NCC[C@H]2C(=O)n1nc2c(c1N)C[C@@H](N)CC2.Cc1cccc2c1NCC[C@H]2C(=O)n1nc2c(c1N)C[C@@H](NC(=O)OCc1ccccc1)CC2. The number of aryl methyl sites for hydroxylation is 4. The highest BCUT2D eigenvalue weighted by atomic mass is 16.5. The van der Waals surface area contributed by atoms with Crippen molar-refractivity contribution in [3.63, 3.8) is 0 Å². The fourth-order valence-corrected chi connectivity index (χ4v) is 8.85. The minimum Gasteiger partial charge on any atom is -0.445 e. The van der Waals surface area contributed by atoms with E-state index in [1.165, 1.54) is 9.36 Å². The van der Waals surface area contributed by atoms with Gasteiger partial charge in [0, 0.05) is 47.7 Å². The fraction of sp³-hybridized carbons (Fsp3) is 0.386. The van der Waals surface area contributed by atoms with E-state index in [1.807, 2.05) is 67.6 Å². The zero-order chi connectivity index (χ0) is 40.5. The van der Waals surface area contributed by atoms with E-state index in [0.717, 1.165) is 94.1 Å². The van der Waals surface area contributed by atoms with Crippen molar-refractivity contribution in [2.24, 2.45) is 5.73 Å². The lowest BCUT2D eigenvalue weighted by atomic mass is 9.88. The van der Waals surface area contributed by atoms with Gasteiger partial charge in [0.25, 0.3) is 11.8 Å². The third-order valence-corrected chi connectivity index (χ3v) is 12.0. The van der Waals surface area contributed by atoms with Crippen molar-refractivity contribution in [1.82, 2.24) is 24.9 Å². The van der Waals surface area contributed by atoms with Crippen LogP contribution >= 0.6 is 0 Å². The van der Waals surface area contributed by atoms with Crippen molar-refractivity contribution in [1.29, 1.82) is 0 Å². The summed E-state index contributed by atoms with van der Waals surface area (Å²) in [7, 11) is 0. The van der Waals surface area contributed by atoms with Gasteiger partial charge in [-0.25, -0.2) is 4.79 Å². The zero-order valence-corrected chi connectivity index (χ0v) is 33.1. The first-order valence-electron chi connectivity index (χ1n) is 20.3. The zero-order valence-electron chi connectivity index (χ0n) is 33.1. The Bertz CT molecular complexity index is 2350. The molecule has 0 radical (unpaired) electrons. The predicted octanol–water partition coefficient (Wildman–Crippen LogP) is 5.63. The summed E-state index contributed by atoms with van der Waals surface area (Å²) in [4.78, 5) is 39.0. The van der Waals surface area contributed by atoms with Crippen LogP contribution in [0.1, 0.15) is 97.4 Å². The number of nitrogen functional groups attached to an aromatic ring is 2. The van der Waals surface area contributed by atoms with Gasteiger partial charge in [-0.05, 0) is 93.0 Å². The molecule has 1 amide bonds. The molecule has 4 atom stereocenters. The molecule has 2 aliphatic heterocycles. The standard InChI is InChI=1S/C26H29N5O3.C18H23N5O/c1-16-6-5-9-19-20(12-13-28-23(16)19)25(32)31-24(27)21-14-18(10-11-22(21)30-31)29-26(33)34-15-17-7-3-2-4-8-17;1-10-3-2-4-12-13(7-8-21-16(10)12)18(24)23-17(20)14-9-11(19)5-6-15(14)22-23/h2-9,18,20,28H,10-15,27H2,1H3,(H,29,33);2-4,11,13,21H,5-9,19-20H2,1H3/t18-,20+;11-,13+/m00/s1. The molecule has 0 spiro atoms.